The van der Waals surface area contributed by atoms with E-state index in [-0.39, 0.29) is 18.8 Å². The van der Waals surface area contributed by atoms with Crippen molar-refractivity contribution in [3.63, 3.8) is 0 Å². The van der Waals surface area contributed by atoms with Gasteiger partial charge in [0.15, 0.2) is 6.10 Å². The number of hydrogen-bond acceptors (Lipinski definition) is 5. The van der Waals surface area contributed by atoms with Crippen LogP contribution in [0.25, 0.3) is 0 Å². The first-order valence-corrected chi connectivity index (χ1v) is 5.39. The maximum Gasteiger partial charge on any atom is 0.335 e. The molecule has 0 bridgehead atoms. The number of rotatable bonds is 8. The summed E-state index contributed by atoms with van der Waals surface area (Å²) in [5, 5.41) is 10.5. The molecule has 0 aromatic rings. The number of Topliss-reactive ketones (excluding diaryl/α,β-unsaturated/α-hetero) is 1. The molecule has 0 aromatic carbocycles. The molecule has 4 nitrogen and oxygen atoms in total. The Morgan fingerprint density at radius 3 is 2.73 bits per heavy atom. The number of thiocarbonyl (C=S) groups is 1. The lowest BCUT2D eigenvalue weighted by atomic mass is 10.1. The average Bonchev–Trinajstić information content (AvgIpc) is 2.22. The molecule has 0 amide bonds. The fraction of sp³-hybridized carbons (Fsp3) is 0.700. The number of aliphatic hydroxyl groups is 1. The summed E-state index contributed by atoms with van der Waals surface area (Å²) in [6.45, 7) is 1.95. The van der Waals surface area contributed by atoms with Crippen molar-refractivity contribution in [1.82, 2.24) is 0 Å². The van der Waals surface area contributed by atoms with Gasteiger partial charge in [0, 0.05) is 18.2 Å². The fourth-order valence-electron chi connectivity index (χ4n) is 0.987. The van der Waals surface area contributed by atoms with Gasteiger partial charge in [0.25, 0.3) is 0 Å². The van der Waals surface area contributed by atoms with Gasteiger partial charge in [-0.25, -0.2) is 4.79 Å². The van der Waals surface area contributed by atoms with Crippen LogP contribution in [-0.2, 0) is 14.3 Å². The van der Waals surface area contributed by atoms with Gasteiger partial charge >= 0.3 is 5.97 Å². The van der Waals surface area contributed by atoms with Crippen molar-refractivity contribution in [3.8, 4) is 0 Å². The smallest absolute Gasteiger partial charge is 0.335 e. The third-order valence-electron chi connectivity index (χ3n) is 1.80. The van der Waals surface area contributed by atoms with Crippen LogP contribution in [-0.4, -0.2) is 34.9 Å². The maximum absolute atomic E-state index is 11.2. The van der Waals surface area contributed by atoms with E-state index in [9.17, 15) is 14.7 Å². The third-order valence-corrected chi connectivity index (χ3v) is 1.93. The minimum Gasteiger partial charge on any atom is -0.459 e. The van der Waals surface area contributed by atoms with Crippen LogP contribution >= 0.6 is 12.2 Å². The normalized spacial score (nSPS) is 11.9. The van der Waals surface area contributed by atoms with Gasteiger partial charge in [-0.05, 0) is 6.42 Å². The third kappa shape index (κ3) is 7.16. The molecule has 1 unspecified atom stereocenters. The molecule has 1 atom stereocenters. The molecule has 86 valence electrons. The highest BCUT2D eigenvalue weighted by molar-refractivity contribution is 7.79. The molecule has 0 saturated heterocycles. The van der Waals surface area contributed by atoms with Gasteiger partial charge in [-0.15, -0.1) is 0 Å². The largest absolute Gasteiger partial charge is 0.459 e. The van der Waals surface area contributed by atoms with E-state index in [2.05, 4.69) is 17.0 Å². The number of ketones is 1. The molecule has 0 aromatic heterocycles. The lowest BCUT2D eigenvalue weighted by Gasteiger charge is -2.08. The average molecular weight is 232 g/mol. The fourth-order valence-corrected chi connectivity index (χ4v) is 1.06. The molecule has 0 aliphatic carbocycles. The molecule has 0 aliphatic heterocycles. The predicted molar refractivity (Wildman–Crippen MR) is 59.8 cm³/mol. The SMILES string of the molecule is CCCCC(=O)CC(O)C(=O)OCC=S. The molecular weight excluding hydrogens is 216 g/mol. The first kappa shape index (κ1) is 14.2. The second-order valence-electron chi connectivity index (χ2n) is 3.16. The van der Waals surface area contributed by atoms with Crippen molar-refractivity contribution in [3.05, 3.63) is 0 Å². The summed E-state index contributed by atoms with van der Waals surface area (Å²) >= 11 is 4.45. The summed E-state index contributed by atoms with van der Waals surface area (Å²) in [6.07, 6.45) is 0.562. The Morgan fingerprint density at radius 1 is 1.53 bits per heavy atom. The Morgan fingerprint density at radius 2 is 2.20 bits per heavy atom. The van der Waals surface area contributed by atoms with Crippen LogP contribution in [0, 0.1) is 0 Å². The quantitative estimate of drug-likeness (QED) is 0.500. The lowest BCUT2D eigenvalue weighted by molar-refractivity contribution is -0.153. The predicted octanol–water partition coefficient (Wildman–Crippen LogP) is 1.04. The molecule has 0 saturated carbocycles. The van der Waals surface area contributed by atoms with Crippen LogP contribution in [0.4, 0.5) is 0 Å². The zero-order valence-electron chi connectivity index (χ0n) is 8.77. The number of unbranched alkanes of at least 4 members (excludes halogenated alkanes) is 1. The number of carbonyl (C=O) groups is 2. The van der Waals surface area contributed by atoms with Gasteiger partial charge in [-0.1, -0.05) is 25.6 Å². The Labute approximate surface area is 94.6 Å². The standard InChI is InChI=1S/C10H16O4S/c1-2-3-4-8(11)7-9(12)10(13)14-5-6-15/h6,9,12H,2-5,7H2,1H3. The summed E-state index contributed by atoms with van der Waals surface area (Å²) < 4.78 is 4.56. The molecule has 0 aliphatic rings. The summed E-state index contributed by atoms with van der Waals surface area (Å²) in [5.74, 6) is -0.912. The van der Waals surface area contributed by atoms with Gasteiger partial charge in [-0.2, -0.15) is 0 Å². The highest BCUT2D eigenvalue weighted by Gasteiger charge is 2.19. The van der Waals surface area contributed by atoms with E-state index in [1.54, 1.807) is 0 Å². The lowest BCUT2D eigenvalue weighted by Crippen LogP contribution is -2.26. The monoisotopic (exact) mass is 232 g/mol. The van der Waals surface area contributed by atoms with Crippen LogP contribution < -0.4 is 0 Å². The summed E-state index contributed by atoms with van der Waals surface area (Å²) in [7, 11) is 0. The maximum atomic E-state index is 11.2. The van der Waals surface area contributed by atoms with Crippen LogP contribution in [0.3, 0.4) is 0 Å². The van der Waals surface area contributed by atoms with Crippen molar-refractivity contribution in [2.75, 3.05) is 6.61 Å². The molecule has 0 rings (SSSR count). The van der Waals surface area contributed by atoms with E-state index in [0.29, 0.717) is 6.42 Å². The minimum absolute atomic E-state index is 0.0195. The molecule has 15 heavy (non-hydrogen) atoms. The van der Waals surface area contributed by atoms with Crippen molar-refractivity contribution >= 4 is 29.3 Å². The highest BCUT2D eigenvalue weighted by Crippen LogP contribution is 2.03. The van der Waals surface area contributed by atoms with Crippen molar-refractivity contribution in [1.29, 1.82) is 0 Å². The van der Waals surface area contributed by atoms with Gasteiger partial charge in [-0.3, -0.25) is 4.79 Å². The number of esters is 1. The zero-order chi connectivity index (χ0) is 11.7. The van der Waals surface area contributed by atoms with Crippen molar-refractivity contribution in [2.45, 2.75) is 38.7 Å². The van der Waals surface area contributed by atoms with Gasteiger partial charge in [0.05, 0.1) is 0 Å². The Hall–Kier alpha value is -0.810. The molecule has 0 radical (unpaired) electrons. The second-order valence-corrected chi connectivity index (χ2v) is 3.49. The van der Waals surface area contributed by atoms with Crippen LogP contribution in [0.2, 0.25) is 0 Å². The van der Waals surface area contributed by atoms with Crippen LogP contribution in [0.1, 0.15) is 32.6 Å². The Balaban J connectivity index is 3.79. The molecule has 0 spiro atoms. The number of hydrogen-bond donors (Lipinski definition) is 1. The zero-order valence-corrected chi connectivity index (χ0v) is 9.59. The molecule has 0 fully saturated rings. The first-order valence-electron chi connectivity index (χ1n) is 4.91. The van der Waals surface area contributed by atoms with Gasteiger partial charge in [0.1, 0.15) is 12.4 Å². The topological polar surface area (TPSA) is 63.6 Å². The summed E-state index contributed by atoms with van der Waals surface area (Å²) in [5.41, 5.74) is 0. The number of aliphatic hydroxyl groups excluding tert-OH is 1. The Bertz CT molecular complexity index is 227. The molecular formula is C10H16O4S. The van der Waals surface area contributed by atoms with Gasteiger partial charge in [0.2, 0.25) is 0 Å². The molecule has 1 N–H and O–H groups in total. The van der Waals surface area contributed by atoms with E-state index in [1.165, 1.54) is 5.37 Å². The first-order chi connectivity index (χ1) is 7.11. The summed E-state index contributed by atoms with van der Waals surface area (Å²) in [6, 6.07) is 0. The van der Waals surface area contributed by atoms with E-state index in [4.69, 9.17) is 0 Å². The van der Waals surface area contributed by atoms with Crippen molar-refractivity contribution in [2.24, 2.45) is 0 Å². The van der Waals surface area contributed by atoms with Crippen molar-refractivity contribution < 1.29 is 19.4 Å². The van der Waals surface area contributed by atoms with E-state index < -0.39 is 12.1 Å². The molecule has 0 heterocycles. The van der Waals surface area contributed by atoms with E-state index in [1.807, 2.05) is 6.92 Å². The van der Waals surface area contributed by atoms with Crippen LogP contribution in [0.5, 0.6) is 0 Å². The van der Waals surface area contributed by atoms with E-state index in [0.717, 1.165) is 12.8 Å². The second kappa shape index (κ2) is 8.49. The minimum atomic E-state index is -1.36. The number of carbonyl (C=O) groups excluding carboxylic acids is 2. The number of ether oxygens (including phenoxy) is 1. The van der Waals surface area contributed by atoms with Crippen LogP contribution in [0.15, 0.2) is 0 Å². The molecule has 5 heteroatoms. The van der Waals surface area contributed by atoms with Gasteiger partial charge < -0.3 is 9.84 Å². The summed E-state index contributed by atoms with van der Waals surface area (Å²) in [4.78, 5) is 22.2. The highest BCUT2D eigenvalue weighted by atomic mass is 32.1. The van der Waals surface area contributed by atoms with E-state index >= 15 is 0 Å². The Kier molecular flexibility index (Phi) is 8.04.